The van der Waals surface area contributed by atoms with Crippen LogP contribution in [0.1, 0.15) is 45.2 Å². The number of rotatable bonds is 5. The van der Waals surface area contributed by atoms with E-state index in [-0.39, 0.29) is 11.5 Å². The molecule has 1 aliphatic rings. The van der Waals surface area contributed by atoms with Crippen LogP contribution in [0, 0.1) is 5.41 Å². The first-order chi connectivity index (χ1) is 12.5. The molecule has 1 fully saturated rings. The number of nitrogens with zero attached hydrogens (tertiary/aromatic N) is 2. The quantitative estimate of drug-likeness (QED) is 0.743. The molecule has 1 saturated heterocycles. The van der Waals surface area contributed by atoms with Crippen LogP contribution in [0.5, 0.6) is 0 Å². The zero-order valence-corrected chi connectivity index (χ0v) is 15.5. The van der Waals surface area contributed by atoms with Gasteiger partial charge >= 0.3 is 0 Å². The van der Waals surface area contributed by atoms with E-state index in [1.165, 1.54) is 6.33 Å². The number of fused-ring (bicyclic) bond motifs is 1. The number of furan rings is 1. The number of aromatic nitrogens is 3. The Kier molecular flexibility index (Phi) is 4.32. The van der Waals surface area contributed by atoms with Crippen molar-refractivity contribution in [3.8, 4) is 0 Å². The number of para-hydroxylation sites is 1. The van der Waals surface area contributed by atoms with Crippen molar-refractivity contribution >= 4 is 11.0 Å². The van der Waals surface area contributed by atoms with Crippen molar-refractivity contribution < 1.29 is 13.9 Å². The first-order valence-corrected chi connectivity index (χ1v) is 9.17. The predicted molar refractivity (Wildman–Crippen MR) is 97.5 cm³/mol. The number of aromatic amines is 1. The van der Waals surface area contributed by atoms with Gasteiger partial charge in [-0.05, 0) is 18.6 Å². The summed E-state index contributed by atoms with van der Waals surface area (Å²) in [5.74, 6) is 0.376. The minimum absolute atomic E-state index is 0.0626. The van der Waals surface area contributed by atoms with Crippen LogP contribution in [0.2, 0.25) is 0 Å². The van der Waals surface area contributed by atoms with Crippen LogP contribution in [0.15, 0.2) is 41.1 Å². The van der Waals surface area contributed by atoms with Crippen molar-refractivity contribution in [2.24, 2.45) is 5.41 Å². The molecule has 1 aliphatic heterocycles. The van der Waals surface area contributed by atoms with Gasteiger partial charge in [0.05, 0.1) is 19.1 Å². The second kappa shape index (κ2) is 6.52. The molecule has 3 aromatic rings. The first-order valence-electron chi connectivity index (χ1n) is 9.17. The fourth-order valence-corrected chi connectivity index (χ4v) is 3.55. The van der Waals surface area contributed by atoms with Crippen molar-refractivity contribution in [1.29, 1.82) is 0 Å². The van der Waals surface area contributed by atoms with Gasteiger partial charge in [0.1, 0.15) is 17.7 Å². The van der Waals surface area contributed by atoms with Crippen molar-refractivity contribution in [1.82, 2.24) is 15.2 Å². The summed E-state index contributed by atoms with van der Waals surface area (Å²) in [6, 6.07) is 9.95. The zero-order chi connectivity index (χ0) is 18.2. The standard InChI is InChI=1S/C20H25N3O3/c1-4-7-16-19(2,3)12-24-20(26-16,11-18-21-13-22-23-18)17-10-14-8-5-6-9-15(14)25-17/h5-6,8-10,13,16H,4,7,11-12H2,1-3H3,(H,21,22,23)/t16-,20+/m1/s1. The van der Waals surface area contributed by atoms with Gasteiger partial charge in [0.25, 0.3) is 0 Å². The number of hydrogen-bond donors (Lipinski definition) is 1. The first kappa shape index (κ1) is 17.2. The second-order valence-corrected chi connectivity index (χ2v) is 7.68. The summed E-state index contributed by atoms with van der Waals surface area (Å²) in [7, 11) is 0. The topological polar surface area (TPSA) is 73.2 Å². The molecule has 0 unspecified atom stereocenters. The molecule has 1 aromatic carbocycles. The summed E-state index contributed by atoms with van der Waals surface area (Å²) >= 11 is 0. The Morgan fingerprint density at radius 2 is 2.12 bits per heavy atom. The Hall–Kier alpha value is -2.18. The molecule has 0 bridgehead atoms. The predicted octanol–water partition coefficient (Wildman–Crippen LogP) is 4.19. The molecule has 2 atom stereocenters. The molecule has 0 spiro atoms. The summed E-state index contributed by atoms with van der Waals surface area (Å²) in [4.78, 5) is 4.27. The SMILES string of the molecule is CCC[C@H]1O[C@@](Cc2ncn[nH]2)(c2cc3ccccc3o2)OCC1(C)C. The van der Waals surface area contributed by atoms with Gasteiger partial charge in [-0.2, -0.15) is 5.10 Å². The second-order valence-electron chi connectivity index (χ2n) is 7.68. The third kappa shape index (κ3) is 3.04. The normalized spacial score (nSPS) is 25.6. The largest absolute Gasteiger partial charge is 0.455 e. The Labute approximate surface area is 152 Å². The van der Waals surface area contributed by atoms with Crippen LogP contribution in [0.25, 0.3) is 11.0 Å². The van der Waals surface area contributed by atoms with Crippen LogP contribution in [0.4, 0.5) is 0 Å². The number of hydrogen-bond acceptors (Lipinski definition) is 5. The van der Waals surface area contributed by atoms with Gasteiger partial charge < -0.3 is 13.9 Å². The number of ether oxygens (including phenoxy) is 2. The van der Waals surface area contributed by atoms with Crippen molar-refractivity contribution in [2.45, 2.75) is 51.9 Å². The highest BCUT2D eigenvalue weighted by atomic mass is 16.7. The Balaban J connectivity index is 1.77. The molecule has 0 amide bonds. The molecule has 26 heavy (non-hydrogen) atoms. The lowest BCUT2D eigenvalue weighted by Crippen LogP contribution is -2.52. The molecule has 0 saturated carbocycles. The van der Waals surface area contributed by atoms with Crippen LogP contribution >= 0.6 is 0 Å². The summed E-state index contributed by atoms with van der Waals surface area (Å²) in [5, 5.41) is 7.91. The Bertz CT molecular complexity index is 838. The Morgan fingerprint density at radius 1 is 1.27 bits per heavy atom. The van der Waals surface area contributed by atoms with E-state index >= 15 is 0 Å². The Morgan fingerprint density at radius 3 is 2.85 bits per heavy atom. The molecular formula is C20H25N3O3. The van der Waals surface area contributed by atoms with Crippen molar-refractivity contribution in [3.63, 3.8) is 0 Å². The molecule has 6 heteroatoms. The molecular weight excluding hydrogens is 330 g/mol. The lowest BCUT2D eigenvalue weighted by atomic mass is 9.83. The lowest BCUT2D eigenvalue weighted by Gasteiger charge is -2.47. The average molecular weight is 355 g/mol. The summed E-state index contributed by atoms with van der Waals surface area (Å²) in [6.45, 7) is 7.13. The maximum atomic E-state index is 6.61. The molecule has 0 radical (unpaired) electrons. The fraction of sp³-hybridized carbons (Fsp3) is 0.500. The molecule has 1 N–H and O–H groups in total. The van der Waals surface area contributed by atoms with Gasteiger partial charge in [0.2, 0.25) is 5.79 Å². The highest BCUT2D eigenvalue weighted by Gasteiger charge is 2.50. The van der Waals surface area contributed by atoms with E-state index in [0.29, 0.717) is 24.6 Å². The molecule has 138 valence electrons. The van der Waals surface area contributed by atoms with Gasteiger partial charge in [0, 0.05) is 10.8 Å². The van der Waals surface area contributed by atoms with Gasteiger partial charge in [-0.15, -0.1) is 0 Å². The highest BCUT2D eigenvalue weighted by Crippen LogP contribution is 2.45. The van der Waals surface area contributed by atoms with Crippen molar-refractivity contribution in [3.05, 3.63) is 48.2 Å². The fourth-order valence-electron chi connectivity index (χ4n) is 3.55. The van der Waals surface area contributed by atoms with E-state index in [2.05, 4.69) is 36.0 Å². The van der Waals surface area contributed by atoms with Gasteiger partial charge in [-0.1, -0.05) is 45.4 Å². The maximum Gasteiger partial charge on any atom is 0.235 e. The van der Waals surface area contributed by atoms with Gasteiger partial charge in [-0.25, -0.2) is 4.98 Å². The van der Waals surface area contributed by atoms with E-state index in [1.54, 1.807) is 0 Å². The van der Waals surface area contributed by atoms with Crippen LogP contribution in [-0.4, -0.2) is 27.9 Å². The third-order valence-corrected chi connectivity index (χ3v) is 5.10. The lowest BCUT2D eigenvalue weighted by molar-refractivity contribution is -0.345. The number of nitrogens with one attached hydrogen (secondary N) is 1. The monoisotopic (exact) mass is 355 g/mol. The molecule has 6 nitrogen and oxygen atoms in total. The van der Waals surface area contributed by atoms with Crippen LogP contribution in [0.3, 0.4) is 0 Å². The summed E-state index contributed by atoms with van der Waals surface area (Å²) < 4.78 is 19.1. The molecule has 3 heterocycles. The number of benzene rings is 1. The maximum absolute atomic E-state index is 6.61. The summed E-state index contributed by atoms with van der Waals surface area (Å²) in [6.07, 6.45) is 4.00. The highest BCUT2D eigenvalue weighted by molar-refractivity contribution is 5.77. The molecule has 4 rings (SSSR count). The van der Waals surface area contributed by atoms with Crippen molar-refractivity contribution in [2.75, 3.05) is 6.61 Å². The third-order valence-electron chi connectivity index (χ3n) is 5.10. The van der Waals surface area contributed by atoms with Gasteiger partial charge in [0.15, 0.2) is 5.76 Å². The smallest absolute Gasteiger partial charge is 0.235 e. The van der Waals surface area contributed by atoms with E-state index in [4.69, 9.17) is 13.9 Å². The summed E-state index contributed by atoms with van der Waals surface area (Å²) in [5.41, 5.74) is 0.760. The van der Waals surface area contributed by atoms with Crippen LogP contribution < -0.4 is 0 Å². The molecule has 2 aromatic heterocycles. The van der Waals surface area contributed by atoms with E-state index in [0.717, 1.165) is 23.8 Å². The average Bonchev–Trinajstić information content (AvgIpc) is 3.28. The van der Waals surface area contributed by atoms with Crippen LogP contribution in [-0.2, 0) is 21.7 Å². The number of H-pyrrole nitrogens is 1. The minimum atomic E-state index is -1.01. The van der Waals surface area contributed by atoms with E-state index < -0.39 is 5.79 Å². The molecule has 0 aliphatic carbocycles. The van der Waals surface area contributed by atoms with E-state index in [9.17, 15) is 0 Å². The van der Waals surface area contributed by atoms with E-state index in [1.807, 2.05) is 30.3 Å². The zero-order valence-electron chi connectivity index (χ0n) is 15.5. The van der Waals surface area contributed by atoms with Gasteiger partial charge in [-0.3, -0.25) is 5.10 Å². The minimum Gasteiger partial charge on any atom is -0.455 e.